The molecule has 1 saturated heterocycles. The van der Waals surface area contributed by atoms with Gasteiger partial charge in [-0.2, -0.15) is 0 Å². The molecule has 2 aliphatic rings. The Hall–Kier alpha value is -3.11. The summed E-state index contributed by atoms with van der Waals surface area (Å²) in [6.07, 6.45) is 3.38. The SMILES string of the molecule is O=C1NC(=O)c2ccc(I)cc2C1=CNc1ccc(N2CCN(Cc3ccco3)CC2)cc1. The van der Waals surface area contributed by atoms with E-state index in [1.807, 2.05) is 36.4 Å². The number of furan rings is 1. The van der Waals surface area contributed by atoms with Crippen molar-refractivity contribution in [1.82, 2.24) is 10.2 Å². The van der Waals surface area contributed by atoms with Gasteiger partial charge in [0.1, 0.15) is 5.76 Å². The molecule has 168 valence electrons. The number of carbonyl (C=O) groups is 2. The fourth-order valence-electron chi connectivity index (χ4n) is 4.15. The minimum absolute atomic E-state index is 0.364. The summed E-state index contributed by atoms with van der Waals surface area (Å²) in [4.78, 5) is 29.3. The topological polar surface area (TPSA) is 77.8 Å². The van der Waals surface area contributed by atoms with Crippen molar-refractivity contribution in [2.24, 2.45) is 0 Å². The molecule has 0 radical (unpaired) electrons. The molecule has 8 heteroatoms. The van der Waals surface area contributed by atoms with Crippen LogP contribution in [0.25, 0.3) is 5.57 Å². The Morgan fingerprint density at radius 3 is 2.48 bits per heavy atom. The highest BCUT2D eigenvalue weighted by molar-refractivity contribution is 14.1. The van der Waals surface area contributed by atoms with Gasteiger partial charge in [-0.25, -0.2) is 0 Å². The molecule has 0 saturated carbocycles. The van der Waals surface area contributed by atoms with Crippen LogP contribution in [0.4, 0.5) is 11.4 Å². The van der Waals surface area contributed by atoms with Crippen LogP contribution in [0.2, 0.25) is 0 Å². The fraction of sp³-hybridized carbons (Fsp3) is 0.200. The summed E-state index contributed by atoms with van der Waals surface area (Å²) in [6, 6.07) is 17.6. The van der Waals surface area contributed by atoms with Gasteiger partial charge in [0.2, 0.25) is 0 Å². The summed E-state index contributed by atoms with van der Waals surface area (Å²) in [6.45, 7) is 4.74. The van der Waals surface area contributed by atoms with Crippen molar-refractivity contribution in [3.63, 3.8) is 0 Å². The van der Waals surface area contributed by atoms with Crippen LogP contribution in [0.15, 0.2) is 71.5 Å². The number of halogens is 1. The minimum atomic E-state index is -0.397. The monoisotopic (exact) mass is 554 g/mol. The molecule has 2 N–H and O–H groups in total. The van der Waals surface area contributed by atoms with Gasteiger partial charge in [0, 0.05) is 58.5 Å². The van der Waals surface area contributed by atoms with Gasteiger partial charge in [-0.3, -0.25) is 19.8 Å². The third-order valence-electron chi connectivity index (χ3n) is 5.94. The van der Waals surface area contributed by atoms with Crippen molar-refractivity contribution >= 4 is 51.4 Å². The van der Waals surface area contributed by atoms with Crippen LogP contribution in [-0.4, -0.2) is 42.9 Å². The molecular weight excluding hydrogens is 531 g/mol. The Balaban J connectivity index is 1.23. The molecule has 3 aromatic rings. The van der Waals surface area contributed by atoms with Gasteiger partial charge < -0.3 is 14.6 Å². The summed E-state index contributed by atoms with van der Waals surface area (Å²) in [5.41, 5.74) is 3.64. The Kier molecular flexibility index (Phi) is 6.19. The lowest BCUT2D eigenvalue weighted by Crippen LogP contribution is -2.45. The Morgan fingerprint density at radius 2 is 1.76 bits per heavy atom. The first kappa shape index (κ1) is 21.7. The Morgan fingerprint density at radius 1 is 0.970 bits per heavy atom. The van der Waals surface area contributed by atoms with Crippen LogP contribution in [0.1, 0.15) is 21.7 Å². The van der Waals surface area contributed by atoms with Gasteiger partial charge in [-0.15, -0.1) is 0 Å². The third kappa shape index (κ3) is 4.81. The number of imide groups is 1. The first-order valence-electron chi connectivity index (χ1n) is 10.8. The maximum absolute atomic E-state index is 12.4. The number of piperazine rings is 1. The minimum Gasteiger partial charge on any atom is -0.468 e. The molecule has 1 fully saturated rings. The molecular formula is C25H23IN4O3. The number of anilines is 2. The quantitative estimate of drug-likeness (QED) is 0.283. The van der Waals surface area contributed by atoms with Gasteiger partial charge in [0.25, 0.3) is 11.8 Å². The first-order valence-corrected chi connectivity index (χ1v) is 11.9. The number of nitrogens with zero attached hydrogens (tertiary/aromatic N) is 2. The summed E-state index contributed by atoms with van der Waals surface area (Å²) >= 11 is 2.18. The van der Waals surface area contributed by atoms with Crippen molar-refractivity contribution in [3.05, 3.63) is 87.5 Å². The van der Waals surface area contributed by atoms with Crippen LogP contribution in [0.5, 0.6) is 0 Å². The number of hydrogen-bond acceptors (Lipinski definition) is 6. The number of nitrogens with one attached hydrogen (secondary N) is 2. The van der Waals surface area contributed by atoms with Crippen molar-refractivity contribution in [1.29, 1.82) is 0 Å². The van der Waals surface area contributed by atoms with Crippen LogP contribution in [0, 0.1) is 3.57 Å². The van der Waals surface area contributed by atoms with Crippen molar-refractivity contribution in [2.75, 3.05) is 36.4 Å². The molecule has 7 nitrogen and oxygen atoms in total. The summed E-state index contributed by atoms with van der Waals surface area (Å²) in [5, 5.41) is 5.61. The largest absolute Gasteiger partial charge is 0.468 e. The van der Waals surface area contributed by atoms with E-state index in [9.17, 15) is 9.59 Å². The summed E-state index contributed by atoms with van der Waals surface area (Å²) in [5.74, 6) is 0.240. The lowest BCUT2D eigenvalue weighted by Gasteiger charge is -2.35. The average Bonchev–Trinajstić information content (AvgIpc) is 3.33. The highest BCUT2D eigenvalue weighted by Gasteiger charge is 2.27. The smallest absolute Gasteiger partial charge is 0.260 e. The molecule has 0 atom stereocenters. The highest BCUT2D eigenvalue weighted by Crippen LogP contribution is 2.27. The number of benzene rings is 2. The van der Waals surface area contributed by atoms with E-state index in [0.29, 0.717) is 16.7 Å². The molecule has 0 bridgehead atoms. The fourth-order valence-corrected chi connectivity index (χ4v) is 4.64. The number of rotatable bonds is 5. The van der Waals surface area contributed by atoms with Gasteiger partial charge in [-0.1, -0.05) is 0 Å². The molecule has 2 aliphatic heterocycles. The number of hydrogen-bond donors (Lipinski definition) is 2. The van der Waals surface area contributed by atoms with E-state index in [1.165, 1.54) is 5.69 Å². The van der Waals surface area contributed by atoms with Crippen LogP contribution < -0.4 is 15.5 Å². The van der Waals surface area contributed by atoms with Crippen molar-refractivity contribution in [2.45, 2.75) is 6.54 Å². The maximum Gasteiger partial charge on any atom is 0.260 e. The molecule has 5 rings (SSSR count). The van der Waals surface area contributed by atoms with Crippen molar-refractivity contribution in [3.8, 4) is 0 Å². The molecule has 33 heavy (non-hydrogen) atoms. The van der Waals surface area contributed by atoms with Gasteiger partial charge in [0.15, 0.2) is 0 Å². The van der Waals surface area contributed by atoms with Crippen molar-refractivity contribution < 1.29 is 14.0 Å². The second-order valence-corrected chi connectivity index (χ2v) is 9.31. The summed E-state index contributed by atoms with van der Waals surface area (Å²) in [7, 11) is 0. The lowest BCUT2D eigenvalue weighted by atomic mass is 9.95. The van der Waals surface area contributed by atoms with E-state index in [4.69, 9.17) is 4.42 Å². The van der Waals surface area contributed by atoms with E-state index in [1.54, 1.807) is 18.5 Å². The predicted molar refractivity (Wildman–Crippen MR) is 136 cm³/mol. The zero-order chi connectivity index (χ0) is 22.8. The van der Waals surface area contributed by atoms with E-state index in [0.717, 1.165) is 47.7 Å². The van der Waals surface area contributed by atoms with E-state index >= 15 is 0 Å². The Bertz CT molecular complexity index is 1200. The lowest BCUT2D eigenvalue weighted by molar-refractivity contribution is -0.114. The summed E-state index contributed by atoms with van der Waals surface area (Å²) < 4.78 is 6.42. The van der Waals surface area contributed by atoms with E-state index in [2.05, 4.69) is 55.2 Å². The third-order valence-corrected chi connectivity index (χ3v) is 6.61. The number of amides is 2. The standard InChI is InChI=1S/C25H23IN4O3/c26-17-3-8-21-22(14-17)23(25(32)28-24(21)31)15-27-18-4-6-19(7-5-18)30-11-9-29(10-12-30)16-20-2-1-13-33-20/h1-8,13-15,27H,9-12,16H2,(H,28,31,32). The molecule has 3 heterocycles. The average molecular weight is 554 g/mol. The van der Waals surface area contributed by atoms with Gasteiger partial charge in [0.05, 0.1) is 18.4 Å². The zero-order valence-corrected chi connectivity index (χ0v) is 20.0. The maximum atomic E-state index is 12.4. The van der Waals surface area contributed by atoms with Crippen LogP contribution in [0.3, 0.4) is 0 Å². The first-order chi connectivity index (χ1) is 16.1. The highest BCUT2D eigenvalue weighted by atomic mass is 127. The number of fused-ring (bicyclic) bond motifs is 1. The molecule has 2 amide bonds. The second-order valence-electron chi connectivity index (χ2n) is 8.06. The molecule has 1 aromatic heterocycles. The number of carbonyl (C=O) groups excluding carboxylic acids is 2. The van der Waals surface area contributed by atoms with E-state index in [-0.39, 0.29) is 5.91 Å². The zero-order valence-electron chi connectivity index (χ0n) is 17.9. The second kappa shape index (κ2) is 9.40. The Labute approximate surface area is 205 Å². The van der Waals surface area contributed by atoms with Crippen LogP contribution in [-0.2, 0) is 11.3 Å². The van der Waals surface area contributed by atoms with Gasteiger partial charge >= 0.3 is 0 Å². The molecule has 0 unspecified atom stereocenters. The van der Waals surface area contributed by atoms with Gasteiger partial charge in [-0.05, 0) is 77.2 Å². The predicted octanol–water partition coefficient (Wildman–Crippen LogP) is 3.93. The van der Waals surface area contributed by atoms with E-state index < -0.39 is 5.91 Å². The molecule has 0 spiro atoms. The molecule has 2 aromatic carbocycles. The molecule has 0 aliphatic carbocycles. The van der Waals surface area contributed by atoms with Crippen LogP contribution >= 0.6 is 22.6 Å². The normalized spacial score (nSPS) is 17.7.